The van der Waals surface area contributed by atoms with E-state index in [4.69, 9.17) is 14.6 Å². The van der Waals surface area contributed by atoms with Gasteiger partial charge >= 0.3 is 0 Å². The highest BCUT2D eigenvalue weighted by molar-refractivity contribution is 6.74. The largest absolute Gasteiger partial charge is 0.416 e. The molecule has 33 heavy (non-hydrogen) atoms. The van der Waals surface area contributed by atoms with Crippen molar-refractivity contribution in [2.45, 2.75) is 96.4 Å². The molecule has 1 aliphatic rings. The van der Waals surface area contributed by atoms with E-state index in [1.165, 1.54) is 6.33 Å². The Morgan fingerprint density at radius 1 is 0.970 bits per heavy atom. The second-order valence-corrected chi connectivity index (χ2v) is 22.0. The number of imidazole rings is 1. The van der Waals surface area contributed by atoms with E-state index in [1.807, 2.05) is 6.33 Å². The second-order valence-electron chi connectivity index (χ2n) is 12.4. The van der Waals surface area contributed by atoms with Gasteiger partial charge < -0.3 is 19.2 Å². The molecule has 0 bridgehead atoms. The Morgan fingerprint density at radius 3 is 2.21 bits per heavy atom. The number of fused-ring (bicyclic) bond motifs is 1. The van der Waals surface area contributed by atoms with Crippen molar-refractivity contribution in [2.75, 3.05) is 12.3 Å². The van der Waals surface area contributed by atoms with Crippen molar-refractivity contribution in [3.05, 3.63) is 24.8 Å². The minimum absolute atomic E-state index is 0.0639. The molecular formula is C24H43N5O2Si2. The van der Waals surface area contributed by atoms with E-state index in [2.05, 4.69) is 99.4 Å². The summed E-state index contributed by atoms with van der Waals surface area (Å²) >= 11 is 0. The SMILES string of the molecule is CC(C)(C)[Si](C)(C)OC[C@H]1C=C[C@@H](n2cnc3ncnc(N)c32)C[C@@H]1O[Si](C)(C)C(C)(C)C. The van der Waals surface area contributed by atoms with Crippen LogP contribution in [0.1, 0.15) is 54.0 Å². The highest BCUT2D eigenvalue weighted by Crippen LogP contribution is 2.42. The van der Waals surface area contributed by atoms with Crippen molar-refractivity contribution in [2.24, 2.45) is 5.92 Å². The lowest BCUT2D eigenvalue weighted by molar-refractivity contribution is 0.0808. The average molecular weight is 490 g/mol. The van der Waals surface area contributed by atoms with Crippen molar-refractivity contribution in [3.8, 4) is 0 Å². The van der Waals surface area contributed by atoms with Gasteiger partial charge in [-0.05, 0) is 42.7 Å². The van der Waals surface area contributed by atoms with Gasteiger partial charge in [-0.3, -0.25) is 0 Å². The van der Waals surface area contributed by atoms with Crippen molar-refractivity contribution >= 4 is 33.6 Å². The summed E-state index contributed by atoms with van der Waals surface area (Å²) in [6.45, 7) is 23.7. The van der Waals surface area contributed by atoms with Gasteiger partial charge in [-0.25, -0.2) is 15.0 Å². The smallest absolute Gasteiger partial charge is 0.192 e. The molecule has 2 heterocycles. The van der Waals surface area contributed by atoms with Crippen LogP contribution in [0.15, 0.2) is 24.8 Å². The first kappa shape index (κ1) is 26.1. The third kappa shape index (κ3) is 5.41. The molecule has 0 saturated carbocycles. The maximum atomic E-state index is 7.00. The molecular weight excluding hydrogens is 446 g/mol. The van der Waals surface area contributed by atoms with E-state index >= 15 is 0 Å². The Balaban J connectivity index is 1.91. The fourth-order valence-electron chi connectivity index (χ4n) is 3.62. The summed E-state index contributed by atoms with van der Waals surface area (Å²) in [6.07, 6.45) is 8.72. The van der Waals surface area contributed by atoms with Crippen LogP contribution in [0.3, 0.4) is 0 Å². The van der Waals surface area contributed by atoms with Crippen LogP contribution >= 0.6 is 0 Å². The minimum Gasteiger partial charge on any atom is -0.416 e. The topological polar surface area (TPSA) is 88.1 Å². The maximum Gasteiger partial charge on any atom is 0.192 e. The zero-order valence-electron chi connectivity index (χ0n) is 22.1. The molecule has 7 nitrogen and oxygen atoms in total. The Kier molecular flexibility index (Phi) is 7.03. The van der Waals surface area contributed by atoms with Crippen LogP contribution in [-0.2, 0) is 8.85 Å². The number of nitrogens with two attached hydrogens (primary N) is 1. The number of nitrogens with zero attached hydrogens (tertiary/aromatic N) is 4. The monoisotopic (exact) mass is 489 g/mol. The van der Waals surface area contributed by atoms with Crippen molar-refractivity contribution in [3.63, 3.8) is 0 Å². The molecule has 184 valence electrons. The Hall–Kier alpha value is -1.56. The van der Waals surface area contributed by atoms with E-state index in [0.717, 1.165) is 11.9 Å². The van der Waals surface area contributed by atoms with E-state index in [-0.39, 0.29) is 28.1 Å². The second kappa shape index (κ2) is 8.90. The summed E-state index contributed by atoms with van der Waals surface area (Å²) in [6, 6.07) is 0.0854. The quantitative estimate of drug-likeness (QED) is 0.399. The molecule has 0 amide bonds. The van der Waals surface area contributed by atoms with Gasteiger partial charge in [0.05, 0.1) is 18.5 Å². The highest BCUT2D eigenvalue weighted by Gasteiger charge is 2.43. The summed E-state index contributed by atoms with van der Waals surface area (Å²) in [5.41, 5.74) is 7.60. The third-order valence-corrected chi connectivity index (χ3v) is 17.0. The molecule has 3 atom stereocenters. The first-order valence-electron chi connectivity index (χ1n) is 12.0. The number of anilines is 1. The van der Waals surface area contributed by atoms with Gasteiger partial charge in [0, 0.05) is 12.5 Å². The van der Waals surface area contributed by atoms with E-state index in [0.29, 0.717) is 18.1 Å². The molecule has 0 aromatic carbocycles. The molecule has 2 aromatic rings. The maximum absolute atomic E-state index is 7.00. The molecule has 0 spiro atoms. The number of allylic oxidation sites excluding steroid dienone is 1. The van der Waals surface area contributed by atoms with Gasteiger partial charge in [-0.1, -0.05) is 53.7 Å². The molecule has 2 N–H and O–H groups in total. The molecule has 0 saturated heterocycles. The molecule has 0 aliphatic heterocycles. The highest BCUT2D eigenvalue weighted by atomic mass is 28.4. The molecule has 1 aliphatic carbocycles. The van der Waals surface area contributed by atoms with Gasteiger partial charge in [-0.15, -0.1) is 0 Å². The van der Waals surface area contributed by atoms with E-state index in [1.54, 1.807) is 0 Å². The van der Waals surface area contributed by atoms with Gasteiger partial charge in [0.25, 0.3) is 0 Å². The Bertz CT molecular complexity index is 1000. The molecule has 3 rings (SSSR count). The summed E-state index contributed by atoms with van der Waals surface area (Å²) in [5, 5.41) is 0.311. The normalized spacial score (nSPS) is 22.8. The third-order valence-electron chi connectivity index (χ3n) is 7.98. The van der Waals surface area contributed by atoms with Crippen LogP contribution in [0, 0.1) is 5.92 Å². The van der Waals surface area contributed by atoms with E-state index < -0.39 is 16.6 Å². The van der Waals surface area contributed by atoms with Crippen LogP contribution < -0.4 is 5.73 Å². The molecule has 2 aromatic heterocycles. The number of hydrogen-bond acceptors (Lipinski definition) is 6. The molecule has 0 radical (unpaired) electrons. The zero-order chi connectivity index (χ0) is 24.8. The van der Waals surface area contributed by atoms with Crippen LogP contribution in [0.25, 0.3) is 11.2 Å². The van der Waals surface area contributed by atoms with Gasteiger partial charge in [0.1, 0.15) is 11.8 Å². The Labute approximate surface area is 201 Å². The predicted octanol–water partition coefficient (Wildman–Crippen LogP) is 5.94. The number of rotatable bonds is 6. The fraction of sp³-hybridized carbons (Fsp3) is 0.708. The lowest BCUT2D eigenvalue weighted by Gasteiger charge is -2.44. The number of nitrogen functional groups attached to an aromatic ring is 1. The Morgan fingerprint density at radius 2 is 1.61 bits per heavy atom. The zero-order valence-corrected chi connectivity index (χ0v) is 24.1. The lowest BCUT2D eigenvalue weighted by Crippen LogP contribution is -2.49. The molecule has 9 heteroatoms. The summed E-state index contributed by atoms with van der Waals surface area (Å²) in [4.78, 5) is 12.9. The number of hydrogen-bond donors (Lipinski definition) is 1. The first-order valence-corrected chi connectivity index (χ1v) is 17.8. The summed E-state index contributed by atoms with van der Waals surface area (Å²) < 4.78 is 15.7. The fourth-order valence-corrected chi connectivity index (χ4v) is 6.04. The first-order chi connectivity index (χ1) is 15.0. The average Bonchev–Trinajstić information content (AvgIpc) is 3.10. The molecule has 0 unspecified atom stereocenters. The summed E-state index contributed by atoms with van der Waals surface area (Å²) in [7, 11) is -3.83. The standard InChI is InChI=1S/C24H43N5O2Si2/c1-23(2,3)32(7,8)30-14-17-11-12-18(13-19(17)31-33(9,10)24(4,5)6)29-16-28-22-20(29)21(25)26-15-27-22/h11-12,15-19H,13-14H2,1-10H3,(H2,25,26,27)/t17-,18-,19+/m1/s1. The lowest BCUT2D eigenvalue weighted by atomic mass is 9.90. The van der Waals surface area contributed by atoms with E-state index in [9.17, 15) is 0 Å². The van der Waals surface area contributed by atoms with Crippen molar-refractivity contribution < 1.29 is 8.85 Å². The van der Waals surface area contributed by atoms with Crippen LogP contribution in [0.5, 0.6) is 0 Å². The van der Waals surface area contributed by atoms with Gasteiger partial charge in [0.2, 0.25) is 0 Å². The predicted molar refractivity (Wildman–Crippen MR) is 141 cm³/mol. The molecule has 0 fully saturated rings. The number of aromatic nitrogens is 4. The summed E-state index contributed by atoms with van der Waals surface area (Å²) in [5.74, 6) is 0.670. The van der Waals surface area contributed by atoms with Crippen molar-refractivity contribution in [1.82, 2.24) is 19.5 Å². The van der Waals surface area contributed by atoms with Crippen LogP contribution in [-0.4, -0.2) is 48.9 Å². The van der Waals surface area contributed by atoms with Crippen molar-refractivity contribution in [1.29, 1.82) is 0 Å². The minimum atomic E-state index is -1.98. The van der Waals surface area contributed by atoms with Gasteiger partial charge in [-0.2, -0.15) is 0 Å². The van der Waals surface area contributed by atoms with Crippen LogP contribution in [0.4, 0.5) is 5.82 Å². The van der Waals surface area contributed by atoms with Crippen LogP contribution in [0.2, 0.25) is 36.3 Å². The van der Waals surface area contributed by atoms with Gasteiger partial charge in [0.15, 0.2) is 28.1 Å².